The van der Waals surface area contributed by atoms with E-state index in [4.69, 9.17) is 26.2 Å². The number of benzene rings is 1. The van der Waals surface area contributed by atoms with Crippen molar-refractivity contribution >= 4 is 17.6 Å². The van der Waals surface area contributed by atoms with Gasteiger partial charge in [0.05, 0.1) is 36.4 Å². The molecule has 1 aromatic heterocycles. The van der Waals surface area contributed by atoms with Crippen molar-refractivity contribution in [2.75, 3.05) is 7.05 Å². The Morgan fingerprint density at radius 3 is 2.57 bits per heavy atom. The predicted molar refractivity (Wildman–Crippen MR) is 132 cm³/mol. The van der Waals surface area contributed by atoms with Gasteiger partial charge in [0, 0.05) is 33.4 Å². The number of hydrogen-bond donors (Lipinski definition) is 2. The summed E-state index contributed by atoms with van der Waals surface area (Å²) in [7, 11) is 1.59. The molecule has 0 radical (unpaired) electrons. The van der Waals surface area contributed by atoms with Gasteiger partial charge in [0.25, 0.3) is 4.98 Å². The molecule has 2 atom stereocenters. The van der Waals surface area contributed by atoms with E-state index in [1.165, 1.54) is 5.01 Å². The summed E-state index contributed by atoms with van der Waals surface area (Å²) in [5.74, 6) is -1.73. The molecule has 2 N–H and O–H groups in total. The molecule has 9 nitrogen and oxygen atoms in total. The number of hydrazine groups is 2. The molecular weight excluding hydrogens is 472 g/mol. The SMILES string of the molecule is CCC[C@@H](c1c(C)nc(-c2ccccc2Cl)c2c1COC2)C(ON[N+](=O)N(C)C(C)(C)C)C(=O)O. The standard InChI is InChI=1S/C25H33ClN4O5/c1-7-10-17(23(24(31)32)35-28-30(33)29(6)25(3,4)5)21-15(2)27-22(19-14-34-13-18(19)21)16-11-8-9-12-20(16)26/h8-9,11-12,17,23H,7,10,13-14H2,1-6H3,(H-,28,31,32,33)/p+1/t17-,23?/m0/s1. The fourth-order valence-electron chi connectivity index (χ4n) is 4.26. The summed E-state index contributed by atoms with van der Waals surface area (Å²) < 4.78 is 5.80. The van der Waals surface area contributed by atoms with Crippen LogP contribution in [0.4, 0.5) is 0 Å². The van der Waals surface area contributed by atoms with Gasteiger partial charge in [0.2, 0.25) is 0 Å². The number of aliphatic carboxylic acids is 1. The van der Waals surface area contributed by atoms with E-state index in [0.29, 0.717) is 41.7 Å². The van der Waals surface area contributed by atoms with Crippen molar-refractivity contribution in [1.29, 1.82) is 0 Å². The normalized spacial score (nSPS) is 14.8. The summed E-state index contributed by atoms with van der Waals surface area (Å²) in [6.07, 6.45) is -0.0917. The van der Waals surface area contributed by atoms with Crippen LogP contribution in [0.2, 0.25) is 5.02 Å². The van der Waals surface area contributed by atoms with E-state index < -0.39 is 23.5 Å². The number of hydrogen-bond acceptors (Lipinski definition) is 5. The lowest BCUT2D eigenvalue weighted by molar-refractivity contribution is -0.796. The number of nitrogens with one attached hydrogen (secondary N) is 1. The zero-order valence-electron chi connectivity index (χ0n) is 21.1. The molecule has 1 unspecified atom stereocenters. The second-order valence-electron chi connectivity index (χ2n) is 9.72. The highest BCUT2D eigenvalue weighted by Crippen LogP contribution is 2.41. The number of fused-ring (bicyclic) bond motifs is 1. The number of pyridine rings is 1. The fourth-order valence-corrected chi connectivity index (χ4v) is 4.49. The van der Waals surface area contributed by atoms with Gasteiger partial charge in [-0.25, -0.2) is 9.63 Å². The maximum atomic E-state index is 12.5. The molecule has 2 aromatic rings. The Kier molecular flexibility index (Phi) is 8.35. The van der Waals surface area contributed by atoms with Gasteiger partial charge in [-0.2, -0.15) is 0 Å². The van der Waals surface area contributed by atoms with Crippen LogP contribution in [0.25, 0.3) is 11.3 Å². The molecule has 35 heavy (non-hydrogen) atoms. The molecule has 190 valence electrons. The molecule has 10 heteroatoms. The first-order chi connectivity index (χ1) is 16.5. The molecule has 3 rings (SSSR count). The lowest BCUT2D eigenvalue weighted by atomic mass is 9.83. The van der Waals surface area contributed by atoms with Gasteiger partial charge in [-0.15, -0.1) is 5.01 Å². The van der Waals surface area contributed by atoms with E-state index in [0.717, 1.165) is 27.9 Å². The second kappa shape index (κ2) is 10.9. The average Bonchev–Trinajstić information content (AvgIpc) is 3.27. The van der Waals surface area contributed by atoms with E-state index >= 15 is 0 Å². The molecule has 1 aliphatic rings. The minimum atomic E-state index is -1.32. The third-order valence-electron chi connectivity index (χ3n) is 6.35. The summed E-state index contributed by atoms with van der Waals surface area (Å²) in [5.41, 5.74) is 6.59. The first kappa shape index (κ1) is 26.8. The predicted octanol–water partition coefficient (Wildman–Crippen LogP) is 4.94. The summed E-state index contributed by atoms with van der Waals surface area (Å²) in [5, 5.41) is 12.0. The van der Waals surface area contributed by atoms with Gasteiger partial charge < -0.3 is 9.84 Å². The Bertz CT molecular complexity index is 1100. The number of carboxylic acid groups (broad SMARTS) is 1. The summed E-state index contributed by atoms with van der Waals surface area (Å²) >= 11 is 6.46. The number of halogens is 1. The third-order valence-corrected chi connectivity index (χ3v) is 6.68. The van der Waals surface area contributed by atoms with Crippen LogP contribution in [0.1, 0.15) is 68.8 Å². The molecule has 1 aromatic carbocycles. The van der Waals surface area contributed by atoms with E-state index in [2.05, 4.69) is 5.59 Å². The number of carboxylic acids is 1. The van der Waals surface area contributed by atoms with Crippen LogP contribution in [0, 0.1) is 11.8 Å². The zero-order valence-corrected chi connectivity index (χ0v) is 21.8. The Balaban J connectivity index is 2.02. The summed E-state index contributed by atoms with van der Waals surface area (Å²) in [4.78, 5) is 35.6. The highest BCUT2D eigenvalue weighted by Gasteiger charge is 2.38. The fraction of sp³-hybridized carbons (Fsp3) is 0.520. The van der Waals surface area contributed by atoms with Crippen molar-refractivity contribution < 1.29 is 24.5 Å². The highest BCUT2D eigenvalue weighted by atomic mass is 35.5. The number of ether oxygens (including phenoxy) is 1. The number of nitrogens with zero attached hydrogens (tertiary/aromatic N) is 3. The smallest absolute Gasteiger partial charge is 0.336 e. The van der Waals surface area contributed by atoms with Gasteiger partial charge in [-0.05, 0) is 51.3 Å². The Morgan fingerprint density at radius 1 is 1.31 bits per heavy atom. The van der Waals surface area contributed by atoms with E-state index in [1.807, 2.05) is 58.9 Å². The Hall–Kier alpha value is -2.75. The Morgan fingerprint density at radius 2 is 1.97 bits per heavy atom. The number of aromatic nitrogens is 1. The maximum Gasteiger partial charge on any atom is 0.336 e. The van der Waals surface area contributed by atoms with Crippen molar-refractivity contribution in [2.24, 2.45) is 0 Å². The van der Waals surface area contributed by atoms with E-state index in [9.17, 15) is 14.8 Å². The van der Waals surface area contributed by atoms with Gasteiger partial charge >= 0.3 is 5.97 Å². The molecule has 0 fully saturated rings. The maximum absolute atomic E-state index is 12.5. The van der Waals surface area contributed by atoms with Crippen LogP contribution >= 0.6 is 11.6 Å². The van der Waals surface area contributed by atoms with Crippen molar-refractivity contribution in [3.05, 3.63) is 56.6 Å². The van der Waals surface area contributed by atoms with Crippen LogP contribution in [-0.2, 0) is 27.6 Å². The quantitative estimate of drug-likeness (QED) is 0.345. The molecule has 0 saturated carbocycles. The molecule has 0 spiro atoms. The number of carbonyl (C=O) groups is 1. The number of nitroso groups, excluding NO2 is 1. The molecule has 0 saturated heterocycles. The zero-order chi connectivity index (χ0) is 25.9. The Labute approximate surface area is 210 Å². The van der Waals surface area contributed by atoms with Crippen LogP contribution in [0.15, 0.2) is 24.3 Å². The minimum Gasteiger partial charge on any atom is -0.479 e. The average molecular weight is 506 g/mol. The number of aryl methyl sites for hydroxylation is 1. The molecule has 0 amide bonds. The highest BCUT2D eigenvalue weighted by molar-refractivity contribution is 6.33. The third kappa shape index (κ3) is 5.74. The van der Waals surface area contributed by atoms with Crippen molar-refractivity contribution in [3.63, 3.8) is 0 Å². The van der Waals surface area contributed by atoms with Crippen LogP contribution in [0.3, 0.4) is 0 Å². The van der Waals surface area contributed by atoms with Crippen LogP contribution < -0.4 is 5.59 Å². The molecule has 0 aliphatic carbocycles. The minimum absolute atomic E-state index is 0.339. The molecule has 2 heterocycles. The van der Waals surface area contributed by atoms with Gasteiger partial charge in [-0.1, -0.05) is 43.1 Å². The molecule has 1 aliphatic heterocycles. The summed E-state index contributed by atoms with van der Waals surface area (Å²) in [6.45, 7) is 10.1. The van der Waals surface area contributed by atoms with Crippen molar-refractivity contribution in [2.45, 2.75) is 78.2 Å². The van der Waals surface area contributed by atoms with E-state index in [1.54, 1.807) is 7.05 Å². The molecular formula is C25H34ClN4O5+. The lowest BCUT2D eigenvalue weighted by Gasteiger charge is -2.27. The molecule has 0 bridgehead atoms. The monoisotopic (exact) mass is 505 g/mol. The van der Waals surface area contributed by atoms with E-state index in [-0.39, 0.29) is 0 Å². The van der Waals surface area contributed by atoms with Gasteiger partial charge in [0.1, 0.15) is 0 Å². The van der Waals surface area contributed by atoms with Gasteiger partial charge in [0.15, 0.2) is 6.10 Å². The van der Waals surface area contributed by atoms with Gasteiger partial charge in [-0.3, -0.25) is 4.98 Å². The van der Waals surface area contributed by atoms with Crippen LogP contribution in [-0.4, -0.2) is 44.7 Å². The number of rotatable bonds is 10. The second-order valence-corrected chi connectivity index (χ2v) is 10.1. The first-order valence-electron chi connectivity index (χ1n) is 11.7. The van der Waals surface area contributed by atoms with Crippen molar-refractivity contribution in [3.8, 4) is 11.3 Å². The largest absolute Gasteiger partial charge is 0.479 e. The first-order valence-corrected chi connectivity index (χ1v) is 12.0. The summed E-state index contributed by atoms with van der Waals surface area (Å²) in [6, 6.07) is 7.48. The topological polar surface area (TPSA) is 104 Å². The van der Waals surface area contributed by atoms with Crippen LogP contribution in [0.5, 0.6) is 0 Å². The lowest BCUT2D eigenvalue weighted by Crippen LogP contribution is -2.51. The van der Waals surface area contributed by atoms with Crippen molar-refractivity contribution in [1.82, 2.24) is 15.6 Å².